The lowest BCUT2D eigenvalue weighted by Gasteiger charge is -2.16. The van der Waals surface area contributed by atoms with Crippen LogP contribution in [0.4, 0.5) is 5.69 Å². The minimum atomic E-state index is -0.377. The zero-order valence-electron chi connectivity index (χ0n) is 11.0. The lowest BCUT2D eigenvalue weighted by molar-refractivity contribution is 0.0912. The van der Waals surface area contributed by atoms with E-state index in [1.54, 1.807) is 12.1 Å². The van der Waals surface area contributed by atoms with Gasteiger partial charge in [0.25, 0.3) is 5.91 Å². The SMILES string of the molecule is Nc1cccnc1C(=O)N[C@H](CO)Cc1ccccc1. The van der Waals surface area contributed by atoms with Gasteiger partial charge in [0.2, 0.25) is 0 Å². The van der Waals surface area contributed by atoms with E-state index in [0.29, 0.717) is 12.1 Å². The summed E-state index contributed by atoms with van der Waals surface area (Å²) in [5.74, 6) is -0.377. The fraction of sp³-hybridized carbons (Fsp3) is 0.200. The summed E-state index contributed by atoms with van der Waals surface area (Å²) in [5, 5.41) is 12.1. The zero-order valence-corrected chi connectivity index (χ0v) is 11.0. The fourth-order valence-corrected chi connectivity index (χ4v) is 1.92. The van der Waals surface area contributed by atoms with Crippen LogP contribution in [0.3, 0.4) is 0 Å². The van der Waals surface area contributed by atoms with Gasteiger partial charge in [0.1, 0.15) is 0 Å². The first-order valence-electron chi connectivity index (χ1n) is 6.37. The number of nitrogens with one attached hydrogen (secondary N) is 1. The van der Waals surface area contributed by atoms with E-state index >= 15 is 0 Å². The van der Waals surface area contributed by atoms with E-state index in [-0.39, 0.29) is 24.2 Å². The molecule has 2 aromatic rings. The number of amides is 1. The van der Waals surface area contributed by atoms with Crippen LogP contribution in [0.2, 0.25) is 0 Å². The lowest BCUT2D eigenvalue weighted by Crippen LogP contribution is -2.39. The summed E-state index contributed by atoms with van der Waals surface area (Å²) in [7, 11) is 0. The molecule has 5 heteroatoms. The molecule has 104 valence electrons. The molecule has 0 saturated carbocycles. The summed E-state index contributed by atoms with van der Waals surface area (Å²) >= 11 is 0. The molecule has 0 aliphatic carbocycles. The molecule has 1 heterocycles. The summed E-state index contributed by atoms with van der Waals surface area (Å²) in [5.41, 5.74) is 7.25. The first kappa shape index (κ1) is 14.0. The van der Waals surface area contributed by atoms with Crippen LogP contribution < -0.4 is 11.1 Å². The topological polar surface area (TPSA) is 88.2 Å². The van der Waals surface area contributed by atoms with Crippen LogP contribution >= 0.6 is 0 Å². The molecule has 0 radical (unpaired) electrons. The number of aliphatic hydroxyl groups excluding tert-OH is 1. The molecule has 0 aliphatic rings. The van der Waals surface area contributed by atoms with Crippen molar-refractivity contribution in [3.05, 3.63) is 59.9 Å². The molecule has 1 atom stereocenters. The first-order valence-corrected chi connectivity index (χ1v) is 6.37. The smallest absolute Gasteiger partial charge is 0.272 e. The maximum atomic E-state index is 12.1. The molecule has 0 unspecified atom stereocenters. The second-order valence-corrected chi connectivity index (χ2v) is 4.48. The average molecular weight is 271 g/mol. The van der Waals surface area contributed by atoms with Gasteiger partial charge in [-0.1, -0.05) is 30.3 Å². The molecule has 1 aromatic carbocycles. The Morgan fingerprint density at radius 3 is 2.65 bits per heavy atom. The lowest BCUT2D eigenvalue weighted by atomic mass is 10.1. The second-order valence-electron chi connectivity index (χ2n) is 4.48. The summed E-state index contributed by atoms with van der Waals surface area (Å²) in [6, 6.07) is 12.6. The van der Waals surface area contributed by atoms with Crippen LogP contribution in [-0.4, -0.2) is 28.6 Å². The molecule has 1 amide bonds. The standard InChI is InChI=1S/C15H17N3O2/c16-13-7-4-8-17-14(13)15(20)18-12(10-19)9-11-5-2-1-3-6-11/h1-8,12,19H,9-10,16H2,(H,18,20)/t12-/m0/s1. The quantitative estimate of drug-likeness (QED) is 0.757. The molecule has 0 fully saturated rings. The van der Waals surface area contributed by atoms with Crippen molar-refractivity contribution in [3.8, 4) is 0 Å². The van der Waals surface area contributed by atoms with E-state index in [9.17, 15) is 9.90 Å². The van der Waals surface area contributed by atoms with Crippen molar-refractivity contribution in [2.45, 2.75) is 12.5 Å². The molecular weight excluding hydrogens is 254 g/mol. The third kappa shape index (κ3) is 3.55. The van der Waals surface area contributed by atoms with E-state index in [2.05, 4.69) is 10.3 Å². The number of aromatic nitrogens is 1. The molecule has 2 rings (SSSR count). The van der Waals surface area contributed by atoms with Crippen molar-refractivity contribution in [1.82, 2.24) is 10.3 Å². The Bertz CT molecular complexity index is 572. The summed E-state index contributed by atoms with van der Waals surface area (Å²) < 4.78 is 0. The number of pyridine rings is 1. The van der Waals surface area contributed by atoms with Crippen molar-refractivity contribution in [2.75, 3.05) is 12.3 Å². The van der Waals surface area contributed by atoms with E-state index in [0.717, 1.165) is 5.56 Å². The Morgan fingerprint density at radius 2 is 2.00 bits per heavy atom. The highest BCUT2D eigenvalue weighted by Crippen LogP contribution is 2.08. The van der Waals surface area contributed by atoms with Gasteiger partial charge in [-0.15, -0.1) is 0 Å². The molecule has 5 nitrogen and oxygen atoms in total. The number of aliphatic hydroxyl groups is 1. The maximum Gasteiger partial charge on any atom is 0.272 e. The average Bonchev–Trinajstić information content (AvgIpc) is 2.48. The van der Waals surface area contributed by atoms with Crippen molar-refractivity contribution in [1.29, 1.82) is 0 Å². The molecule has 0 bridgehead atoms. The van der Waals surface area contributed by atoms with Gasteiger partial charge in [-0.05, 0) is 24.1 Å². The van der Waals surface area contributed by atoms with Crippen LogP contribution in [-0.2, 0) is 6.42 Å². The minimum absolute atomic E-state index is 0.145. The van der Waals surface area contributed by atoms with Crippen LogP contribution in [0.5, 0.6) is 0 Å². The molecule has 4 N–H and O–H groups in total. The number of nitrogens with two attached hydrogens (primary N) is 1. The van der Waals surface area contributed by atoms with Crippen molar-refractivity contribution >= 4 is 11.6 Å². The van der Waals surface area contributed by atoms with Crippen molar-refractivity contribution in [3.63, 3.8) is 0 Å². The van der Waals surface area contributed by atoms with Crippen molar-refractivity contribution < 1.29 is 9.90 Å². The van der Waals surface area contributed by atoms with Gasteiger partial charge in [0.05, 0.1) is 18.3 Å². The predicted octanol–water partition coefficient (Wildman–Crippen LogP) is 0.997. The number of carbonyl (C=O) groups is 1. The Hall–Kier alpha value is -2.40. The van der Waals surface area contributed by atoms with Crippen LogP contribution in [0.25, 0.3) is 0 Å². The number of nitrogens with zero attached hydrogens (tertiary/aromatic N) is 1. The highest BCUT2D eigenvalue weighted by molar-refractivity contribution is 5.97. The highest BCUT2D eigenvalue weighted by Gasteiger charge is 2.16. The van der Waals surface area contributed by atoms with Crippen LogP contribution in [0, 0.1) is 0 Å². The number of hydrogen-bond donors (Lipinski definition) is 3. The number of benzene rings is 1. The summed E-state index contributed by atoms with van der Waals surface area (Å²) in [6.07, 6.45) is 2.06. The monoisotopic (exact) mass is 271 g/mol. The summed E-state index contributed by atoms with van der Waals surface area (Å²) in [6.45, 7) is -0.145. The van der Waals surface area contributed by atoms with Gasteiger partial charge >= 0.3 is 0 Å². The molecular formula is C15H17N3O2. The van der Waals surface area contributed by atoms with Gasteiger partial charge in [-0.25, -0.2) is 4.98 Å². The van der Waals surface area contributed by atoms with E-state index < -0.39 is 0 Å². The Balaban J connectivity index is 2.03. The third-order valence-corrected chi connectivity index (χ3v) is 2.93. The van der Waals surface area contributed by atoms with Gasteiger partial charge in [0.15, 0.2) is 5.69 Å². The Morgan fingerprint density at radius 1 is 1.25 bits per heavy atom. The van der Waals surface area contributed by atoms with E-state index in [1.165, 1.54) is 6.20 Å². The van der Waals surface area contributed by atoms with Crippen LogP contribution in [0.1, 0.15) is 16.1 Å². The zero-order chi connectivity index (χ0) is 14.4. The number of anilines is 1. The van der Waals surface area contributed by atoms with E-state index in [4.69, 9.17) is 5.73 Å². The predicted molar refractivity (Wildman–Crippen MR) is 77.1 cm³/mol. The van der Waals surface area contributed by atoms with Gasteiger partial charge < -0.3 is 16.2 Å². The van der Waals surface area contributed by atoms with Gasteiger partial charge in [0, 0.05) is 6.20 Å². The molecule has 0 saturated heterocycles. The Labute approximate surface area is 117 Å². The normalized spacial score (nSPS) is 11.8. The van der Waals surface area contributed by atoms with Gasteiger partial charge in [-0.2, -0.15) is 0 Å². The molecule has 20 heavy (non-hydrogen) atoms. The minimum Gasteiger partial charge on any atom is -0.397 e. The maximum absolute atomic E-state index is 12.1. The second kappa shape index (κ2) is 6.68. The molecule has 1 aromatic heterocycles. The Kier molecular flexibility index (Phi) is 4.68. The van der Waals surface area contributed by atoms with Crippen LogP contribution in [0.15, 0.2) is 48.7 Å². The number of carbonyl (C=O) groups excluding carboxylic acids is 1. The number of hydrogen-bond acceptors (Lipinski definition) is 4. The fourth-order valence-electron chi connectivity index (χ4n) is 1.92. The highest BCUT2D eigenvalue weighted by atomic mass is 16.3. The number of nitrogen functional groups attached to an aromatic ring is 1. The third-order valence-electron chi connectivity index (χ3n) is 2.93. The molecule has 0 aliphatic heterocycles. The van der Waals surface area contributed by atoms with Crippen molar-refractivity contribution in [2.24, 2.45) is 0 Å². The summed E-state index contributed by atoms with van der Waals surface area (Å²) in [4.78, 5) is 16.0. The first-order chi connectivity index (χ1) is 9.70. The van der Waals surface area contributed by atoms with Gasteiger partial charge in [-0.3, -0.25) is 4.79 Å². The van der Waals surface area contributed by atoms with E-state index in [1.807, 2.05) is 30.3 Å². The number of rotatable bonds is 5. The largest absolute Gasteiger partial charge is 0.397 e. The molecule has 0 spiro atoms.